The highest BCUT2D eigenvalue weighted by atomic mass is 16.1. The van der Waals surface area contributed by atoms with E-state index >= 15 is 0 Å². The van der Waals surface area contributed by atoms with E-state index in [4.69, 9.17) is 5.73 Å². The number of allylic oxidation sites excluding steroid dienone is 4. The van der Waals surface area contributed by atoms with Crippen molar-refractivity contribution >= 4 is 17.2 Å². The molecule has 27 heavy (non-hydrogen) atoms. The molecule has 0 saturated heterocycles. The van der Waals surface area contributed by atoms with Crippen LogP contribution in [0.25, 0.3) is 11.1 Å². The van der Waals surface area contributed by atoms with E-state index in [9.17, 15) is 4.79 Å². The molecule has 1 heterocycles. The van der Waals surface area contributed by atoms with Crippen LogP contribution in [-0.2, 0) is 11.2 Å². The molecule has 3 nitrogen and oxygen atoms in total. The highest BCUT2D eigenvalue weighted by molar-refractivity contribution is 5.92. The molecule has 2 aromatic carbocycles. The lowest BCUT2D eigenvalue weighted by atomic mass is 9.79. The third-order valence-corrected chi connectivity index (χ3v) is 6.19. The molecule has 0 radical (unpaired) electrons. The van der Waals surface area contributed by atoms with Crippen molar-refractivity contribution in [3.63, 3.8) is 0 Å². The minimum absolute atomic E-state index is 0.286. The first kappa shape index (κ1) is 16.4. The summed E-state index contributed by atoms with van der Waals surface area (Å²) < 4.78 is 0. The standard InChI is InChI=1S/C24H24N2O/c25-21-6-1-16(2-7-21)18-5-10-24-19(13-18)11-12-26(24)22-8-3-17-4-9-23(27)15-20(17)14-22/h1-2,5-7,10,13-15,17H,3-4,8-9,11-12,25H2. The summed E-state index contributed by atoms with van der Waals surface area (Å²) in [5.41, 5.74) is 14.4. The number of benzene rings is 2. The van der Waals surface area contributed by atoms with E-state index in [-0.39, 0.29) is 5.78 Å². The molecule has 0 fully saturated rings. The number of hydrogen-bond donors (Lipinski definition) is 1. The van der Waals surface area contributed by atoms with Crippen LogP contribution in [-0.4, -0.2) is 12.3 Å². The van der Waals surface area contributed by atoms with Crippen LogP contribution in [0.4, 0.5) is 11.4 Å². The molecule has 2 aliphatic carbocycles. The Kier molecular flexibility index (Phi) is 3.89. The maximum absolute atomic E-state index is 11.8. The van der Waals surface area contributed by atoms with Gasteiger partial charge in [-0.2, -0.15) is 0 Å². The zero-order chi connectivity index (χ0) is 18.4. The molecule has 5 rings (SSSR count). The lowest BCUT2D eigenvalue weighted by molar-refractivity contribution is -0.115. The highest BCUT2D eigenvalue weighted by Gasteiger charge is 2.29. The van der Waals surface area contributed by atoms with E-state index < -0.39 is 0 Å². The summed E-state index contributed by atoms with van der Waals surface area (Å²) in [7, 11) is 0. The van der Waals surface area contributed by atoms with Gasteiger partial charge in [-0.1, -0.05) is 18.2 Å². The van der Waals surface area contributed by atoms with Gasteiger partial charge in [0.1, 0.15) is 0 Å². The SMILES string of the molecule is Nc1ccc(-c2ccc3c(c2)CCN3C2=CC3=CC(=O)CCC3CC2)cc1. The second-order valence-corrected chi connectivity index (χ2v) is 7.89. The topological polar surface area (TPSA) is 46.3 Å². The van der Waals surface area contributed by atoms with E-state index in [1.807, 2.05) is 18.2 Å². The summed E-state index contributed by atoms with van der Waals surface area (Å²) in [6.07, 6.45) is 9.25. The lowest BCUT2D eigenvalue weighted by Crippen LogP contribution is -2.25. The van der Waals surface area contributed by atoms with Gasteiger partial charge in [0.15, 0.2) is 5.78 Å². The van der Waals surface area contributed by atoms with Crippen molar-refractivity contribution in [3.8, 4) is 11.1 Å². The molecule has 0 spiro atoms. The highest BCUT2D eigenvalue weighted by Crippen LogP contribution is 2.40. The summed E-state index contributed by atoms with van der Waals surface area (Å²) >= 11 is 0. The number of fused-ring (bicyclic) bond motifs is 2. The van der Waals surface area contributed by atoms with Crippen LogP contribution in [0.3, 0.4) is 0 Å². The van der Waals surface area contributed by atoms with E-state index in [0.717, 1.165) is 37.9 Å². The normalized spacial score (nSPS) is 21.4. The van der Waals surface area contributed by atoms with E-state index in [0.29, 0.717) is 5.92 Å². The molecule has 0 aromatic heterocycles. The maximum atomic E-state index is 11.8. The first-order chi connectivity index (χ1) is 13.2. The van der Waals surface area contributed by atoms with E-state index in [2.05, 4.69) is 41.3 Å². The van der Waals surface area contributed by atoms with Crippen LogP contribution < -0.4 is 10.6 Å². The van der Waals surface area contributed by atoms with Crippen molar-refractivity contribution in [3.05, 3.63) is 71.5 Å². The molecule has 2 aromatic rings. The molecule has 1 unspecified atom stereocenters. The molecule has 1 atom stereocenters. The number of nitrogens with zero attached hydrogens (tertiary/aromatic N) is 1. The number of carbonyl (C=O) groups excluding carboxylic acids is 1. The van der Waals surface area contributed by atoms with Gasteiger partial charge in [0.05, 0.1) is 0 Å². The Labute approximate surface area is 160 Å². The third kappa shape index (κ3) is 2.97. The quantitative estimate of drug-likeness (QED) is 0.780. The molecule has 136 valence electrons. The van der Waals surface area contributed by atoms with E-state index in [1.165, 1.54) is 40.1 Å². The minimum atomic E-state index is 0.286. The largest absolute Gasteiger partial charge is 0.399 e. The first-order valence-corrected chi connectivity index (χ1v) is 9.89. The van der Waals surface area contributed by atoms with Crippen molar-refractivity contribution in [2.75, 3.05) is 17.2 Å². The fourth-order valence-corrected chi connectivity index (χ4v) is 4.68. The minimum Gasteiger partial charge on any atom is -0.399 e. The van der Waals surface area contributed by atoms with Crippen LogP contribution in [0, 0.1) is 5.92 Å². The molecular formula is C24H24N2O. The van der Waals surface area contributed by atoms with Gasteiger partial charge in [-0.25, -0.2) is 0 Å². The Morgan fingerprint density at radius 3 is 2.52 bits per heavy atom. The van der Waals surface area contributed by atoms with Gasteiger partial charge in [0.2, 0.25) is 0 Å². The van der Waals surface area contributed by atoms with E-state index in [1.54, 1.807) is 0 Å². The summed E-state index contributed by atoms with van der Waals surface area (Å²) in [5, 5.41) is 0. The molecule has 1 aliphatic heterocycles. The fraction of sp³-hybridized carbons (Fsp3) is 0.292. The Balaban J connectivity index is 1.45. The van der Waals surface area contributed by atoms with Crippen LogP contribution in [0.5, 0.6) is 0 Å². The molecule has 0 bridgehead atoms. The second-order valence-electron chi connectivity index (χ2n) is 7.89. The van der Waals surface area contributed by atoms with Crippen LogP contribution >= 0.6 is 0 Å². The number of nitrogen functional groups attached to an aromatic ring is 1. The second kappa shape index (κ2) is 6.41. The van der Waals surface area contributed by atoms with Gasteiger partial charge in [-0.05, 0) is 90.3 Å². The maximum Gasteiger partial charge on any atom is 0.155 e. The number of carbonyl (C=O) groups is 1. The number of ketones is 1. The van der Waals surface area contributed by atoms with Gasteiger partial charge in [-0.3, -0.25) is 4.79 Å². The number of anilines is 2. The van der Waals surface area contributed by atoms with Crippen molar-refractivity contribution in [1.29, 1.82) is 0 Å². The molecule has 0 saturated carbocycles. The molecule has 0 amide bonds. The fourth-order valence-electron chi connectivity index (χ4n) is 4.68. The van der Waals surface area contributed by atoms with Gasteiger partial charge >= 0.3 is 0 Å². The average Bonchev–Trinajstić information content (AvgIpc) is 3.11. The summed E-state index contributed by atoms with van der Waals surface area (Å²) in [6.45, 7) is 1.03. The van der Waals surface area contributed by atoms with Crippen LogP contribution in [0.15, 0.2) is 65.9 Å². The predicted octanol–water partition coefficient (Wildman–Crippen LogP) is 4.88. The summed E-state index contributed by atoms with van der Waals surface area (Å²) in [4.78, 5) is 14.3. The molecule has 2 N–H and O–H groups in total. The smallest absolute Gasteiger partial charge is 0.155 e. The van der Waals surface area contributed by atoms with Crippen molar-refractivity contribution in [2.45, 2.75) is 32.1 Å². The average molecular weight is 356 g/mol. The Morgan fingerprint density at radius 2 is 1.67 bits per heavy atom. The van der Waals surface area contributed by atoms with Crippen molar-refractivity contribution < 1.29 is 4.79 Å². The monoisotopic (exact) mass is 356 g/mol. The van der Waals surface area contributed by atoms with Gasteiger partial charge in [0, 0.05) is 30.0 Å². The van der Waals surface area contributed by atoms with Crippen molar-refractivity contribution in [2.24, 2.45) is 5.92 Å². The van der Waals surface area contributed by atoms with Crippen molar-refractivity contribution in [1.82, 2.24) is 0 Å². The molecular weight excluding hydrogens is 332 g/mol. The number of nitrogens with two attached hydrogens (primary N) is 1. The Bertz CT molecular complexity index is 968. The first-order valence-electron chi connectivity index (χ1n) is 9.89. The lowest BCUT2D eigenvalue weighted by Gasteiger charge is -2.32. The molecule has 3 aliphatic rings. The molecule has 3 heteroatoms. The van der Waals surface area contributed by atoms with Crippen LogP contribution in [0.1, 0.15) is 31.2 Å². The van der Waals surface area contributed by atoms with Gasteiger partial charge in [0.25, 0.3) is 0 Å². The zero-order valence-corrected chi connectivity index (χ0v) is 15.4. The third-order valence-electron chi connectivity index (χ3n) is 6.19. The number of rotatable bonds is 2. The van der Waals surface area contributed by atoms with Gasteiger partial charge < -0.3 is 10.6 Å². The number of hydrogen-bond acceptors (Lipinski definition) is 3. The summed E-state index contributed by atoms with van der Waals surface area (Å²) in [5.74, 6) is 0.870. The predicted molar refractivity (Wildman–Crippen MR) is 110 cm³/mol. The Morgan fingerprint density at radius 1 is 0.889 bits per heavy atom. The summed E-state index contributed by atoms with van der Waals surface area (Å²) in [6, 6.07) is 14.9. The zero-order valence-electron chi connectivity index (χ0n) is 15.4. The Hall–Kier alpha value is -2.81. The van der Waals surface area contributed by atoms with Crippen LogP contribution in [0.2, 0.25) is 0 Å². The van der Waals surface area contributed by atoms with Gasteiger partial charge in [-0.15, -0.1) is 0 Å².